The SMILES string of the molecule is CN(C)CCn1c(=O)oc2ccc(NC(=O)C3(C)Cc4ccccc4C(=O)O3)cc21. The van der Waals surface area contributed by atoms with Gasteiger partial charge in [-0.2, -0.15) is 0 Å². The predicted molar refractivity (Wildman–Crippen MR) is 112 cm³/mol. The second-order valence-electron chi connectivity index (χ2n) is 7.91. The number of ether oxygens (including phenoxy) is 1. The molecule has 3 aromatic rings. The van der Waals surface area contributed by atoms with Crippen molar-refractivity contribution in [1.82, 2.24) is 9.47 Å². The fraction of sp³-hybridized carbons (Fsp3) is 0.318. The number of nitrogens with zero attached hydrogens (tertiary/aromatic N) is 2. The summed E-state index contributed by atoms with van der Waals surface area (Å²) < 4.78 is 12.3. The van der Waals surface area contributed by atoms with Gasteiger partial charge in [-0.05, 0) is 50.8 Å². The highest BCUT2D eigenvalue weighted by Gasteiger charge is 2.42. The lowest BCUT2D eigenvalue weighted by molar-refractivity contribution is -0.134. The lowest BCUT2D eigenvalue weighted by Gasteiger charge is -2.33. The van der Waals surface area contributed by atoms with Crippen LogP contribution in [0.2, 0.25) is 0 Å². The zero-order valence-electron chi connectivity index (χ0n) is 17.1. The van der Waals surface area contributed by atoms with Crippen LogP contribution in [0.15, 0.2) is 51.7 Å². The molecular weight excluding hydrogens is 386 g/mol. The Labute approximate surface area is 173 Å². The number of cyclic esters (lactones) is 1. The Morgan fingerprint density at radius 2 is 1.97 bits per heavy atom. The van der Waals surface area contributed by atoms with Crippen LogP contribution in [0.3, 0.4) is 0 Å². The number of benzene rings is 2. The number of carbonyl (C=O) groups excluding carboxylic acids is 2. The number of hydrogen-bond acceptors (Lipinski definition) is 6. The van der Waals surface area contributed by atoms with Gasteiger partial charge in [0.05, 0.1) is 11.1 Å². The third kappa shape index (κ3) is 3.61. The maximum absolute atomic E-state index is 13.0. The molecule has 156 valence electrons. The minimum absolute atomic E-state index is 0.280. The zero-order valence-corrected chi connectivity index (χ0v) is 17.1. The van der Waals surface area contributed by atoms with Crippen molar-refractivity contribution in [2.75, 3.05) is 26.0 Å². The van der Waals surface area contributed by atoms with Crippen molar-refractivity contribution < 1.29 is 18.7 Å². The van der Waals surface area contributed by atoms with Gasteiger partial charge < -0.3 is 19.4 Å². The standard InChI is InChI=1S/C22H23N3O5/c1-22(13-14-6-4-5-7-16(14)19(26)30-22)20(27)23-15-8-9-18-17(12-15)25(21(28)29-18)11-10-24(2)3/h4-9,12H,10-11,13H2,1-3H3,(H,23,27). The van der Waals surface area contributed by atoms with Crippen LogP contribution in [0.4, 0.5) is 5.69 Å². The van der Waals surface area contributed by atoms with Crippen LogP contribution in [-0.4, -0.2) is 47.6 Å². The minimum Gasteiger partial charge on any atom is -0.445 e. The Kier molecular flexibility index (Phi) is 4.95. The van der Waals surface area contributed by atoms with Gasteiger partial charge in [-0.1, -0.05) is 18.2 Å². The quantitative estimate of drug-likeness (QED) is 0.650. The van der Waals surface area contributed by atoms with E-state index in [1.807, 2.05) is 31.1 Å². The van der Waals surface area contributed by atoms with Crippen LogP contribution in [0.1, 0.15) is 22.8 Å². The molecule has 0 fully saturated rings. The summed E-state index contributed by atoms with van der Waals surface area (Å²) in [6.45, 7) is 2.72. The molecule has 2 heterocycles. The topological polar surface area (TPSA) is 93.8 Å². The molecule has 1 N–H and O–H groups in total. The largest absolute Gasteiger partial charge is 0.445 e. The van der Waals surface area contributed by atoms with Gasteiger partial charge >= 0.3 is 11.7 Å². The van der Waals surface area contributed by atoms with Crippen molar-refractivity contribution in [2.45, 2.75) is 25.5 Å². The number of nitrogens with one attached hydrogen (secondary N) is 1. The Morgan fingerprint density at radius 3 is 2.73 bits per heavy atom. The van der Waals surface area contributed by atoms with E-state index < -0.39 is 23.2 Å². The van der Waals surface area contributed by atoms with E-state index in [4.69, 9.17) is 9.15 Å². The maximum atomic E-state index is 13.0. The molecule has 1 aromatic heterocycles. The monoisotopic (exact) mass is 409 g/mol. The van der Waals surface area contributed by atoms with Gasteiger partial charge in [0.1, 0.15) is 0 Å². The number of fused-ring (bicyclic) bond motifs is 2. The average molecular weight is 409 g/mol. The lowest BCUT2D eigenvalue weighted by Crippen LogP contribution is -2.48. The van der Waals surface area contributed by atoms with E-state index in [2.05, 4.69) is 5.32 Å². The van der Waals surface area contributed by atoms with Crippen LogP contribution in [0.25, 0.3) is 11.1 Å². The number of carbonyl (C=O) groups is 2. The van der Waals surface area contributed by atoms with E-state index >= 15 is 0 Å². The summed E-state index contributed by atoms with van der Waals surface area (Å²) in [6.07, 6.45) is 0.280. The molecule has 0 saturated heterocycles. The number of amides is 1. The molecule has 1 aliphatic heterocycles. The number of anilines is 1. The van der Waals surface area contributed by atoms with Crippen molar-refractivity contribution >= 4 is 28.7 Å². The van der Waals surface area contributed by atoms with Gasteiger partial charge in [-0.15, -0.1) is 0 Å². The number of oxazole rings is 1. The van der Waals surface area contributed by atoms with Crippen molar-refractivity contribution in [3.63, 3.8) is 0 Å². The second-order valence-corrected chi connectivity index (χ2v) is 7.91. The Hall–Kier alpha value is -3.39. The molecule has 0 saturated carbocycles. The molecule has 30 heavy (non-hydrogen) atoms. The van der Waals surface area contributed by atoms with E-state index in [-0.39, 0.29) is 6.42 Å². The van der Waals surface area contributed by atoms with Crippen molar-refractivity contribution in [2.24, 2.45) is 0 Å². The second kappa shape index (κ2) is 7.46. The van der Waals surface area contributed by atoms with E-state index in [0.29, 0.717) is 35.4 Å². The highest BCUT2D eigenvalue weighted by atomic mass is 16.6. The highest BCUT2D eigenvalue weighted by Crippen LogP contribution is 2.29. The number of esters is 1. The molecule has 0 radical (unpaired) electrons. The predicted octanol–water partition coefficient (Wildman–Crippen LogP) is 2.27. The summed E-state index contributed by atoms with van der Waals surface area (Å²) in [4.78, 5) is 39.5. The smallest absolute Gasteiger partial charge is 0.419 e. The van der Waals surface area contributed by atoms with Crippen LogP contribution in [-0.2, 0) is 22.5 Å². The van der Waals surface area contributed by atoms with E-state index in [9.17, 15) is 14.4 Å². The third-order valence-electron chi connectivity index (χ3n) is 5.26. The summed E-state index contributed by atoms with van der Waals surface area (Å²) >= 11 is 0. The first-order valence-corrected chi connectivity index (χ1v) is 9.68. The maximum Gasteiger partial charge on any atom is 0.419 e. The first kappa shape index (κ1) is 19.9. The minimum atomic E-state index is -1.33. The van der Waals surface area contributed by atoms with Crippen LogP contribution >= 0.6 is 0 Å². The first-order chi connectivity index (χ1) is 14.3. The zero-order chi connectivity index (χ0) is 21.5. The summed E-state index contributed by atoms with van der Waals surface area (Å²) in [5, 5.41) is 2.81. The number of likely N-dealkylation sites (N-methyl/N-ethyl adjacent to an activating group) is 1. The molecule has 0 spiro atoms. The van der Waals surface area contributed by atoms with Gasteiger partial charge in [0.25, 0.3) is 5.91 Å². The Balaban J connectivity index is 1.59. The molecule has 8 heteroatoms. The van der Waals surface area contributed by atoms with Crippen LogP contribution in [0.5, 0.6) is 0 Å². The van der Waals surface area contributed by atoms with Gasteiger partial charge in [-0.3, -0.25) is 9.36 Å². The lowest BCUT2D eigenvalue weighted by atomic mass is 9.89. The molecule has 1 atom stereocenters. The first-order valence-electron chi connectivity index (χ1n) is 9.68. The van der Waals surface area contributed by atoms with Crippen molar-refractivity contribution in [1.29, 1.82) is 0 Å². The molecule has 1 unspecified atom stereocenters. The van der Waals surface area contributed by atoms with Crippen LogP contribution in [0, 0.1) is 0 Å². The van der Waals surface area contributed by atoms with E-state index in [1.54, 1.807) is 37.3 Å². The molecule has 0 bridgehead atoms. The van der Waals surface area contributed by atoms with Crippen LogP contribution < -0.4 is 11.1 Å². The highest BCUT2D eigenvalue weighted by molar-refractivity contribution is 6.03. The van der Waals surface area contributed by atoms with Gasteiger partial charge in [0, 0.05) is 25.2 Å². The summed E-state index contributed by atoms with van der Waals surface area (Å²) in [5.41, 5.74) is 1.45. The molecule has 0 aliphatic carbocycles. The number of hydrogen-bond donors (Lipinski definition) is 1. The molecule has 1 amide bonds. The summed E-state index contributed by atoms with van der Waals surface area (Å²) in [6, 6.07) is 12.1. The molecule has 4 rings (SSSR count). The van der Waals surface area contributed by atoms with Gasteiger partial charge in [0.15, 0.2) is 11.2 Å². The van der Waals surface area contributed by atoms with E-state index in [0.717, 1.165) is 5.56 Å². The number of rotatable bonds is 5. The normalized spacial score (nSPS) is 18.3. The molecule has 2 aromatic carbocycles. The van der Waals surface area contributed by atoms with Gasteiger partial charge in [-0.25, -0.2) is 9.59 Å². The fourth-order valence-electron chi connectivity index (χ4n) is 3.57. The molecule has 1 aliphatic rings. The van der Waals surface area contributed by atoms with Crippen molar-refractivity contribution in [3.8, 4) is 0 Å². The summed E-state index contributed by atoms with van der Waals surface area (Å²) in [7, 11) is 3.84. The third-order valence-corrected chi connectivity index (χ3v) is 5.26. The Morgan fingerprint density at radius 1 is 1.20 bits per heavy atom. The fourth-order valence-corrected chi connectivity index (χ4v) is 3.57. The average Bonchev–Trinajstić information content (AvgIpc) is 3.00. The molecule has 8 nitrogen and oxygen atoms in total. The number of aromatic nitrogens is 1. The van der Waals surface area contributed by atoms with Crippen molar-refractivity contribution in [3.05, 3.63) is 64.1 Å². The summed E-state index contributed by atoms with van der Waals surface area (Å²) in [5.74, 6) is -1.40. The molecular formula is C22H23N3O5. The Bertz CT molecular complexity index is 1190. The van der Waals surface area contributed by atoms with E-state index in [1.165, 1.54) is 4.57 Å². The van der Waals surface area contributed by atoms with Gasteiger partial charge in [0.2, 0.25) is 0 Å².